The highest BCUT2D eigenvalue weighted by molar-refractivity contribution is 9.09. The van der Waals surface area contributed by atoms with E-state index in [1.54, 1.807) is 22.7 Å². The third kappa shape index (κ3) is 1.99. The van der Waals surface area contributed by atoms with Gasteiger partial charge in [-0.05, 0) is 22.9 Å². The molecule has 13 heavy (non-hydrogen) atoms. The van der Waals surface area contributed by atoms with Crippen LogP contribution < -0.4 is 0 Å². The van der Waals surface area contributed by atoms with Gasteiger partial charge in [0.05, 0.1) is 9.85 Å². The quantitative estimate of drug-likeness (QED) is 0.687. The maximum absolute atomic E-state index is 6.04. The molecular formula is C9H6BrClS2. The number of alkyl halides is 1. The van der Waals surface area contributed by atoms with Gasteiger partial charge in [-0.1, -0.05) is 33.6 Å². The Kier molecular flexibility index (Phi) is 3.09. The molecule has 68 valence electrons. The van der Waals surface area contributed by atoms with Crippen molar-refractivity contribution in [1.82, 2.24) is 0 Å². The lowest BCUT2D eigenvalue weighted by Crippen LogP contribution is -1.84. The molecule has 1 unspecified atom stereocenters. The highest BCUT2D eigenvalue weighted by Crippen LogP contribution is 2.40. The maximum Gasteiger partial charge on any atom is 0.0845 e. The average Bonchev–Trinajstić information content (AvgIpc) is 2.72. The van der Waals surface area contributed by atoms with Gasteiger partial charge in [-0.15, -0.1) is 22.7 Å². The van der Waals surface area contributed by atoms with Crippen molar-refractivity contribution in [2.45, 2.75) is 4.83 Å². The molecule has 0 N–H and O–H groups in total. The summed E-state index contributed by atoms with van der Waals surface area (Å²) in [5.41, 5.74) is 0. The van der Waals surface area contributed by atoms with Gasteiger partial charge < -0.3 is 0 Å². The highest BCUT2D eigenvalue weighted by Gasteiger charge is 2.15. The fourth-order valence-electron chi connectivity index (χ4n) is 1.05. The Balaban J connectivity index is 2.33. The lowest BCUT2D eigenvalue weighted by atomic mass is 10.3. The van der Waals surface area contributed by atoms with Crippen LogP contribution in [0.1, 0.15) is 14.6 Å². The van der Waals surface area contributed by atoms with Crippen molar-refractivity contribution in [3.63, 3.8) is 0 Å². The van der Waals surface area contributed by atoms with Crippen molar-refractivity contribution in [3.05, 3.63) is 43.7 Å². The van der Waals surface area contributed by atoms with Gasteiger partial charge in [-0.3, -0.25) is 0 Å². The minimum atomic E-state index is 0.250. The second-order valence-corrected chi connectivity index (χ2v) is 5.76. The van der Waals surface area contributed by atoms with Crippen molar-refractivity contribution in [2.75, 3.05) is 0 Å². The minimum Gasteiger partial charge on any atom is -0.147 e. The van der Waals surface area contributed by atoms with Crippen LogP contribution in [-0.2, 0) is 0 Å². The Bertz CT molecular complexity index is 380. The number of thiophene rings is 2. The molecule has 2 heterocycles. The summed E-state index contributed by atoms with van der Waals surface area (Å²) in [6.07, 6.45) is 0. The molecular weight excluding hydrogens is 288 g/mol. The average molecular weight is 294 g/mol. The molecule has 0 amide bonds. The third-order valence-corrected chi connectivity index (χ3v) is 5.59. The zero-order valence-electron chi connectivity index (χ0n) is 6.54. The molecule has 0 aliphatic heterocycles. The van der Waals surface area contributed by atoms with E-state index in [1.807, 2.05) is 11.4 Å². The lowest BCUT2D eigenvalue weighted by Gasteiger charge is -2.04. The summed E-state index contributed by atoms with van der Waals surface area (Å²) < 4.78 is 0. The fourth-order valence-corrected chi connectivity index (χ4v) is 4.17. The van der Waals surface area contributed by atoms with E-state index in [4.69, 9.17) is 11.6 Å². The number of hydrogen-bond acceptors (Lipinski definition) is 2. The first kappa shape index (κ1) is 9.71. The van der Waals surface area contributed by atoms with Gasteiger partial charge in [0.1, 0.15) is 0 Å². The molecule has 0 bridgehead atoms. The largest absolute Gasteiger partial charge is 0.147 e. The smallest absolute Gasteiger partial charge is 0.0845 e. The van der Waals surface area contributed by atoms with Crippen molar-refractivity contribution < 1.29 is 0 Å². The topological polar surface area (TPSA) is 0 Å². The Morgan fingerprint density at radius 1 is 1.23 bits per heavy atom. The summed E-state index contributed by atoms with van der Waals surface area (Å²) in [5, 5.41) is 4.94. The van der Waals surface area contributed by atoms with Crippen LogP contribution in [0.4, 0.5) is 0 Å². The van der Waals surface area contributed by atoms with Gasteiger partial charge in [0.15, 0.2) is 0 Å². The molecule has 0 aliphatic rings. The Morgan fingerprint density at radius 3 is 2.62 bits per heavy atom. The molecule has 1 atom stereocenters. The molecule has 0 spiro atoms. The number of rotatable bonds is 2. The van der Waals surface area contributed by atoms with Gasteiger partial charge >= 0.3 is 0 Å². The third-order valence-electron chi connectivity index (χ3n) is 1.67. The van der Waals surface area contributed by atoms with Crippen LogP contribution >= 0.6 is 50.2 Å². The summed E-state index contributed by atoms with van der Waals surface area (Å²) in [6, 6.07) is 6.10. The predicted molar refractivity (Wildman–Crippen MR) is 64.4 cm³/mol. The molecule has 0 radical (unpaired) electrons. The van der Waals surface area contributed by atoms with E-state index in [9.17, 15) is 0 Å². The standard InChI is InChI=1S/C9H6BrClS2/c10-8(7-2-1-4-12-7)9-6(11)3-5-13-9/h1-5,8H. The van der Waals surface area contributed by atoms with E-state index in [2.05, 4.69) is 33.4 Å². The summed E-state index contributed by atoms with van der Waals surface area (Å²) in [6.45, 7) is 0. The zero-order chi connectivity index (χ0) is 9.26. The first-order valence-electron chi connectivity index (χ1n) is 3.69. The second-order valence-electron chi connectivity index (χ2n) is 2.51. The van der Waals surface area contributed by atoms with E-state index in [0.717, 1.165) is 5.02 Å². The molecule has 0 nitrogen and oxygen atoms in total. The molecule has 0 saturated heterocycles. The lowest BCUT2D eigenvalue weighted by molar-refractivity contribution is 1.29. The van der Waals surface area contributed by atoms with Crippen molar-refractivity contribution in [2.24, 2.45) is 0 Å². The van der Waals surface area contributed by atoms with E-state index in [1.165, 1.54) is 9.75 Å². The second kappa shape index (κ2) is 4.13. The molecule has 0 fully saturated rings. The van der Waals surface area contributed by atoms with Crippen LogP contribution in [0.15, 0.2) is 29.0 Å². The van der Waals surface area contributed by atoms with Gasteiger partial charge in [-0.2, -0.15) is 0 Å². The number of halogens is 2. The molecule has 2 aromatic rings. The van der Waals surface area contributed by atoms with Crippen molar-refractivity contribution in [3.8, 4) is 0 Å². The Labute approximate surface area is 98.3 Å². The van der Waals surface area contributed by atoms with E-state index in [-0.39, 0.29) is 4.83 Å². The van der Waals surface area contributed by atoms with E-state index in [0.29, 0.717) is 0 Å². The number of hydrogen-bond donors (Lipinski definition) is 0. The fraction of sp³-hybridized carbons (Fsp3) is 0.111. The van der Waals surface area contributed by atoms with Crippen LogP contribution in [0.5, 0.6) is 0 Å². The molecule has 0 saturated carbocycles. The monoisotopic (exact) mass is 292 g/mol. The first-order chi connectivity index (χ1) is 6.29. The molecule has 2 rings (SSSR count). The summed E-state index contributed by atoms with van der Waals surface area (Å²) in [7, 11) is 0. The van der Waals surface area contributed by atoms with Gasteiger partial charge in [-0.25, -0.2) is 0 Å². The molecule has 0 aliphatic carbocycles. The Morgan fingerprint density at radius 2 is 2.08 bits per heavy atom. The van der Waals surface area contributed by atoms with Gasteiger partial charge in [0, 0.05) is 9.75 Å². The van der Waals surface area contributed by atoms with Gasteiger partial charge in [0.25, 0.3) is 0 Å². The van der Waals surface area contributed by atoms with E-state index < -0.39 is 0 Å². The maximum atomic E-state index is 6.04. The van der Waals surface area contributed by atoms with Crippen LogP contribution in [0.25, 0.3) is 0 Å². The van der Waals surface area contributed by atoms with Crippen molar-refractivity contribution in [1.29, 1.82) is 0 Å². The molecule has 4 heteroatoms. The van der Waals surface area contributed by atoms with Crippen LogP contribution in [0.2, 0.25) is 5.02 Å². The first-order valence-corrected chi connectivity index (χ1v) is 6.74. The molecule has 2 aromatic heterocycles. The van der Waals surface area contributed by atoms with Crippen LogP contribution in [0.3, 0.4) is 0 Å². The summed E-state index contributed by atoms with van der Waals surface area (Å²) in [5.74, 6) is 0. The minimum absolute atomic E-state index is 0.250. The highest BCUT2D eigenvalue weighted by atomic mass is 79.9. The van der Waals surface area contributed by atoms with Crippen LogP contribution in [0, 0.1) is 0 Å². The normalized spacial score (nSPS) is 13.1. The van der Waals surface area contributed by atoms with Crippen molar-refractivity contribution >= 4 is 50.2 Å². The zero-order valence-corrected chi connectivity index (χ0v) is 10.5. The SMILES string of the molecule is Clc1ccsc1C(Br)c1cccs1. The summed E-state index contributed by atoms with van der Waals surface area (Å²) >= 11 is 13.1. The Hall–Kier alpha value is 0.170. The predicted octanol–water partition coefficient (Wildman–Crippen LogP) is 4.95. The van der Waals surface area contributed by atoms with Crippen LogP contribution in [-0.4, -0.2) is 0 Å². The van der Waals surface area contributed by atoms with Gasteiger partial charge in [0.2, 0.25) is 0 Å². The molecule has 0 aromatic carbocycles. The van der Waals surface area contributed by atoms with E-state index >= 15 is 0 Å². The summed E-state index contributed by atoms with van der Waals surface area (Å²) in [4.78, 5) is 2.73.